The molecule has 104 valence electrons. The molecular weight excluding hydrogens is 238 g/mol. The fraction of sp³-hybridized carbons (Fsp3) is 0.625. The average molecular weight is 261 g/mol. The van der Waals surface area contributed by atoms with Crippen molar-refractivity contribution in [2.45, 2.75) is 43.9 Å². The number of hydrogen-bond donors (Lipinski definition) is 1. The summed E-state index contributed by atoms with van der Waals surface area (Å²) >= 11 is 0. The summed E-state index contributed by atoms with van der Waals surface area (Å²) in [7, 11) is 0. The van der Waals surface area contributed by atoms with E-state index < -0.39 is 0 Å². The molecule has 1 heterocycles. The van der Waals surface area contributed by atoms with Gasteiger partial charge in [-0.15, -0.1) is 0 Å². The van der Waals surface area contributed by atoms with Crippen LogP contribution in [0.5, 0.6) is 0 Å². The standard InChI is InChI=1S/C16H23NO2/c1-2-6-14(7-3-1)11-18-12-15-10-17-16(13-19-15)8-4-5-9-16/h1-3,6-7,15,17H,4-5,8-13H2. The molecule has 1 N–H and O–H groups in total. The van der Waals surface area contributed by atoms with Crippen molar-refractivity contribution in [2.75, 3.05) is 19.8 Å². The fourth-order valence-corrected chi connectivity index (χ4v) is 3.08. The first-order valence-electron chi connectivity index (χ1n) is 7.35. The van der Waals surface area contributed by atoms with Crippen LogP contribution in [-0.2, 0) is 16.1 Å². The first-order chi connectivity index (χ1) is 9.36. The molecule has 19 heavy (non-hydrogen) atoms. The van der Waals surface area contributed by atoms with Crippen molar-refractivity contribution in [3.8, 4) is 0 Å². The monoisotopic (exact) mass is 261 g/mol. The van der Waals surface area contributed by atoms with Crippen LogP contribution >= 0.6 is 0 Å². The van der Waals surface area contributed by atoms with Gasteiger partial charge in [0.25, 0.3) is 0 Å². The van der Waals surface area contributed by atoms with Gasteiger partial charge in [-0.1, -0.05) is 43.2 Å². The molecule has 3 heteroatoms. The molecular formula is C16H23NO2. The van der Waals surface area contributed by atoms with E-state index in [2.05, 4.69) is 17.4 Å². The van der Waals surface area contributed by atoms with Crippen LogP contribution in [-0.4, -0.2) is 31.4 Å². The SMILES string of the molecule is c1ccc(COCC2CNC3(CCCC3)CO2)cc1. The van der Waals surface area contributed by atoms with Crippen molar-refractivity contribution in [3.05, 3.63) is 35.9 Å². The molecule has 1 aromatic rings. The molecule has 3 rings (SSSR count). The van der Waals surface area contributed by atoms with Crippen LogP contribution in [0.1, 0.15) is 31.2 Å². The fourth-order valence-electron chi connectivity index (χ4n) is 3.08. The average Bonchev–Trinajstić information content (AvgIpc) is 2.91. The highest BCUT2D eigenvalue weighted by molar-refractivity contribution is 5.13. The van der Waals surface area contributed by atoms with E-state index in [4.69, 9.17) is 9.47 Å². The summed E-state index contributed by atoms with van der Waals surface area (Å²) in [5, 5.41) is 3.69. The molecule has 0 radical (unpaired) electrons. The molecule has 1 atom stereocenters. The molecule has 1 spiro atoms. The van der Waals surface area contributed by atoms with Crippen molar-refractivity contribution in [3.63, 3.8) is 0 Å². The maximum atomic E-state index is 5.97. The zero-order chi connectivity index (χ0) is 13.0. The number of nitrogens with one attached hydrogen (secondary N) is 1. The second-order valence-electron chi connectivity index (χ2n) is 5.80. The zero-order valence-corrected chi connectivity index (χ0v) is 11.4. The highest BCUT2D eigenvalue weighted by Gasteiger charge is 2.37. The van der Waals surface area contributed by atoms with Crippen molar-refractivity contribution < 1.29 is 9.47 Å². The number of benzene rings is 1. The van der Waals surface area contributed by atoms with E-state index in [1.54, 1.807) is 0 Å². The summed E-state index contributed by atoms with van der Waals surface area (Å²) in [6, 6.07) is 10.3. The van der Waals surface area contributed by atoms with Crippen LogP contribution < -0.4 is 5.32 Å². The molecule has 1 aliphatic heterocycles. The summed E-state index contributed by atoms with van der Waals surface area (Å²) in [6.07, 6.45) is 5.42. The summed E-state index contributed by atoms with van der Waals surface area (Å²) in [6.45, 7) is 3.13. The predicted octanol–water partition coefficient (Wildman–Crippen LogP) is 2.50. The predicted molar refractivity (Wildman–Crippen MR) is 75.0 cm³/mol. The number of rotatable bonds is 4. The summed E-state index contributed by atoms with van der Waals surface area (Å²) in [4.78, 5) is 0. The molecule has 2 fully saturated rings. The zero-order valence-electron chi connectivity index (χ0n) is 11.4. The molecule has 1 aliphatic carbocycles. The number of morpholine rings is 1. The van der Waals surface area contributed by atoms with Gasteiger partial charge in [0.05, 0.1) is 25.9 Å². The summed E-state index contributed by atoms with van der Waals surface area (Å²) in [5.74, 6) is 0. The first kappa shape index (κ1) is 13.1. The van der Waals surface area contributed by atoms with Crippen molar-refractivity contribution >= 4 is 0 Å². The van der Waals surface area contributed by atoms with Gasteiger partial charge in [-0.3, -0.25) is 0 Å². The van der Waals surface area contributed by atoms with Gasteiger partial charge in [0, 0.05) is 12.1 Å². The lowest BCUT2D eigenvalue weighted by Gasteiger charge is -2.38. The van der Waals surface area contributed by atoms with Gasteiger partial charge >= 0.3 is 0 Å². The van der Waals surface area contributed by atoms with Crippen LogP contribution in [0.25, 0.3) is 0 Å². The van der Waals surface area contributed by atoms with E-state index in [0.29, 0.717) is 13.2 Å². The third-order valence-corrected chi connectivity index (χ3v) is 4.28. The van der Waals surface area contributed by atoms with Crippen LogP contribution in [0.3, 0.4) is 0 Å². The van der Waals surface area contributed by atoms with Gasteiger partial charge in [0.1, 0.15) is 0 Å². The normalized spacial score (nSPS) is 25.8. The molecule has 2 aliphatic rings. The Hall–Kier alpha value is -0.900. The lowest BCUT2D eigenvalue weighted by Crippen LogP contribution is -2.56. The van der Waals surface area contributed by atoms with Crippen LogP contribution in [0, 0.1) is 0 Å². The molecule has 1 aromatic carbocycles. The van der Waals surface area contributed by atoms with E-state index in [1.165, 1.54) is 31.2 Å². The van der Waals surface area contributed by atoms with Gasteiger partial charge in [0.2, 0.25) is 0 Å². The molecule has 1 saturated heterocycles. The highest BCUT2D eigenvalue weighted by atomic mass is 16.5. The van der Waals surface area contributed by atoms with Crippen LogP contribution in [0.4, 0.5) is 0 Å². The molecule has 0 bridgehead atoms. The molecule has 0 aromatic heterocycles. The van der Waals surface area contributed by atoms with Gasteiger partial charge in [-0.05, 0) is 18.4 Å². The van der Waals surface area contributed by atoms with Crippen LogP contribution in [0.2, 0.25) is 0 Å². The third kappa shape index (κ3) is 3.35. The molecule has 1 saturated carbocycles. The lowest BCUT2D eigenvalue weighted by molar-refractivity contribution is -0.0723. The first-order valence-corrected chi connectivity index (χ1v) is 7.35. The number of ether oxygens (including phenoxy) is 2. The smallest absolute Gasteiger partial charge is 0.0933 e. The minimum Gasteiger partial charge on any atom is -0.374 e. The molecule has 0 amide bonds. The Bertz CT molecular complexity index is 377. The van der Waals surface area contributed by atoms with Crippen molar-refractivity contribution in [1.29, 1.82) is 0 Å². The maximum Gasteiger partial charge on any atom is 0.0933 e. The van der Waals surface area contributed by atoms with Gasteiger partial charge in [-0.2, -0.15) is 0 Å². The topological polar surface area (TPSA) is 30.5 Å². The Morgan fingerprint density at radius 2 is 2.00 bits per heavy atom. The molecule has 1 unspecified atom stereocenters. The second-order valence-corrected chi connectivity index (χ2v) is 5.80. The minimum atomic E-state index is 0.204. The molecule has 3 nitrogen and oxygen atoms in total. The third-order valence-electron chi connectivity index (χ3n) is 4.28. The quantitative estimate of drug-likeness (QED) is 0.903. The van der Waals surface area contributed by atoms with Crippen molar-refractivity contribution in [2.24, 2.45) is 0 Å². The summed E-state index contributed by atoms with van der Waals surface area (Å²) in [5.41, 5.74) is 1.51. The number of hydrogen-bond acceptors (Lipinski definition) is 3. The highest BCUT2D eigenvalue weighted by Crippen LogP contribution is 2.32. The van der Waals surface area contributed by atoms with E-state index in [9.17, 15) is 0 Å². The Labute approximate surface area is 115 Å². The maximum absolute atomic E-state index is 5.97. The second kappa shape index (κ2) is 6.04. The Morgan fingerprint density at radius 3 is 2.68 bits per heavy atom. The van der Waals surface area contributed by atoms with E-state index in [1.807, 2.05) is 18.2 Å². The lowest BCUT2D eigenvalue weighted by atomic mass is 9.97. The van der Waals surface area contributed by atoms with E-state index >= 15 is 0 Å². The van der Waals surface area contributed by atoms with Crippen LogP contribution in [0.15, 0.2) is 30.3 Å². The Morgan fingerprint density at radius 1 is 1.21 bits per heavy atom. The van der Waals surface area contributed by atoms with E-state index in [-0.39, 0.29) is 11.6 Å². The minimum absolute atomic E-state index is 0.204. The Kier molecular flexibility index (Phi) is 4.16. The van der Waals surface area contributed by atoms with Crippen molar-refractivity contribution in [1.82, 2.24) is 5.32 Å². The van der Waals surface area contributed by atoms with Gasteiger partial charge in [0.15, 0.2) is 0 Å². The largest absolute Gasteiger partial charge is 0.374 e. The van der Waals surface area contributed by atoms with Gasteiger partial charge in [-0.25, -0.2) is 0 Å². The summed E-state index contributed by atoms with van der Waals surface area (Å²) < 4.78 is 11.7. The Balaban J connectivity index is 1.38. The van der Waals surface area contributed by atoms with E-state index in [0.717, 1.165) is 13.2 Å². The van der Waals surface area contributed by atoms with Gasteiger partial charge < -0.3 is 14.8 Å².